The molecule has 0 saturated heterocycles. The average Bonchev–Trinajstić information content (AvgIpc) is 3.36. The summed E-state index contributed by atoms with van der Waals surface area (Å²) in [6.45, 7) is 6.26. The lowest BCUT2D eigenvalue weighted by molar-refractivity contribution is 0.101. The number of nitrogens with zero attached hydrogens (tertiary/aromatic N) is 3. The van der Waals surface area contributed by atoms with Crippen LogP contribution in [0.15, 0.2) is 53.2 Å². The van der Waals surface area contributed by atoms with Crippen molar-refractivity contribution in [3.63, 3.8) is 0 Å². The van der Waals surface area contributed by atoms with Gasteiger partial charge in [-0.25, -0.2) is 0 Å². The number of amides is 1. The summed E-state index contributed by atoms with van der Waals surface area (Å²) in [5.74, 6) is 1.19. The van der Waals surface area contributed by atoms with Crippen molar-refractivity contribution in [1.82, 2.24) is 14.9 Å². The Labute approximate surface area is 201 Å². The number of hydrogen-bond acceptors (Lipinski definition) is 5. The first kappa shape index (κ1) is 22.9. The second kappa shape index (κ2) is 9.68. The van der Waals surface area contributed by atoms with E-state index in [1.807, 2.05) is 32.0 Å². The van der Waals surface area contributed by atoms with Gasteiger partial charge >= 0.3 is 0 Å². The van der Waals surface area contributed by atoms with Crippen LogP contribution in [0.4, 0.5) is 5.82 Å². The second-order valence-corrected chi connectivity index (χ2v) is 8.49. The number of rotatable bonds is 7. The molecule has 0 atom stereocenters. The van der Waals surface area contributed by atoms with Crippen LogP contribution in [0.5, 0.6) is 5.75 Å². The zero-order chi connectivity index (χ0) is 23.5. The fourth-order valence-corrected chi connectivity index (χ4v) is 3.91. The molecule has 0 fully saturated rings. The van der Waals surface area contributed by atoms with Crippen LogP contribution < -0.4 is 10.1 Å². The maximum Gasteiger partial charge on any atom is 0.279 e. The van der Waals surface area contributed by atoms with Crippen LogP contribution in [0, 0.1) is 20.8 Å². The molecule has 9 heteroatoms. The molecule has 2 aromatic carbocycles. The van der Waals surface area contributed by atoms with Gasteiger partial charge in [0.1, 0.15) is 18.1 Å². The summed E-state index contributed by atoms with van der Waals surface area (Å²) in [4.78, 5) is 12.9. The SMILES string of the molecule is Cc1ccc(OCc2c(C(=O)Nc3ccn(Cc4c(Cl)cccc4Cl)n3)noc2C)c(C)c1. The van der Waals surface area contributed by atoms with Crippen LogP contribution in [0.1, 0.15) is 38.5 Å². The largest absolute Gasteiger partial charge is 0.488 e. The van der Waals surface area contributed by atoms with Gasteiger partial charge in [-0.1, -0.05) is 52.1 Å². The van der Waals surface area contributed by atoms with Gasteiger partial charge in [0.2, 0.25) is 0 Å². The van der Waals surface area contributed by atoms with Crippen molar-refractivity contribution in [2.24, 2.45) is 0 Å². The van der Waals surface area contributed by atoms with Crippen LogP contribution in [-0.4, -0.2) is 20.8 Å². The highest BCUT2D eigenvalue weighted by Crippen LogP contribution is 2.26. The summed E-state index contributed by atoms with van der Waals surface area (Å²) in [6, 6.07) is 12.9. The van der Waals surface area contributed by atoms with E-state index in [0.29, 0.717) is 33.7 Å². The quantitative estimate of drug-likeness (QED) is 0.348. The average molecular weight is 485 g/mol. The van der Waals surface area contributed by atoms with E-state index in [9.17, 15) is 4.79 Å². The van der Waals surface area contributed by atoms with E-state index in [-0.39, 0.29) is 12.3 Å². The zero-order valence-corrected chi connectivity index (χ0v) is 19.9. The number of anilines is 1. The van der Waals surface area contributed by atoms with E-state index in [1.165, 1.54) is 0 Å². The Morgan fingerprint density at radius 1 is 1.09 bits per heavy atom. The Kier molecular flexibility index (Phi) is 6.72. The molecule has 0 saturated carbocycles. The van der Waals surface area contributed by atoms with Crippen molar-refractivity contribution in [2.45, 2.75) is 33.9 Å². The lowest BCUT2D eigenvalue weighted by Crippen LogP contribution is -2.16. The number of benzene rings is 2. The molecule has 33 heavy (non-hydrogen) atoms. The van der Waals surface area contributed by atoms with Crippen molar-refractivity contribution in [3.8, 4) is 5.75 Å². The normalized spacial score (nSPS) is 10.9. The third-order valence-corrected chi connectivity index (χ3v) is 5.87. The molecule has 7 nitrogen and oxygen atoms in total. The predicted molar refractivity (Wildman–Crippen MR) is 127 cm³/mol. The molecule has 170 valence electrons. The number of halogens is 2. The highest BCUT2D eigenvalue weighted by atomic mass is 35.5. The molecule has 2 heterocycles. The lowest BCUT2D eigenvalue weighted by Gasteiger charge is -2.10. The first-order valence-corrected chi connectivity index (χ1v) is 11.0. The summed E-state index contributed by atoms with van der Waals surface area (Å²) in [5.41, 5.74) is 3.65. The number of nitrogens with one attached hydrogen (secondary N) is 1. The van der Waals surface area contributed by atoms with Gasteiger partial charge in [-0.05, 0) is 44.5 Å². The molecule has 0 unspecified atom stereocenters. The van der Waals surface area contributed by atoms with E-state index < -0.39 is 5.91 Å². The summed E-state index contributed by atoms with van der Waals surface area (Å²) >= 11 is 12.5. The number of carbonyl (C=O) groups excluding carboxylic acids is 1. The standard InChI is InChI=1S/C24H22Cl2N4O3/c1-14-7-8-21(15(2)11-14)32-13-18-16(3)33-29-23(18)24(31)27-22-9-10-30(28-22)12-17-19(25)5-4-6-20(17)26/h4-11H,12-13H2,1-3H3,(H,27,28,31). The van der Waals surface area contributed by atoms with Crippen molar-refractivity contribution >= 4 is 34.9 Å². The fraction of sp³-hybridized carbons (Fsp3) is 0.208. The van der Waals surface area contributed by atoms with Crippen molar-refractivity contribution < 1.29 is 14.1 Å². The molecule has 0 aliphatic carbocycles. The van der Waals surface area contributed by atoms with Crippen LogP contribution in [-0.2, 0) is 13.2 Å². The second-order valence-electron chi connectivity index (χ2n) is 7.68. The van der Waals surface area contributed by atoms with Crippen molar-refractivity contribution in [3.05, 3.63) is 92.4 Å². The fourth-order valence-electron chi connectivity index (χ4n) is 3.39. The van der Waals surface area contributed by atoms with Gasteiger partial charge in [0.05, 0.1) is 12.1 Å². The highest BCUT2D eigenvalue weighted by molar-refractivity contribution is 6.35. The Hall–Kier alpha value is -3.29. The molecule has 0 aliphatic rings. The van der Waals surface area contributed by atoms with Crippen LogP contribution in [0.25, 0.3) is 0 Å². The van der Waals surface area contributed by atoms with Gasteiger partial charge in [-0.15, -0.1) is 0 Å². The zero-order valence-electron chi connectivity index (χ0n) is 18.4. The van der Waals surface area contributed by atoms with Gasteiger partial charge < -0.3 is 14.6 Å². The van der Waals surface area contributed by atoms with Gasteiger partial charge in [0.25, 0.3) is 5.91 Å². The van der Waals surface area contributed by atoms with E-state index in [2.05, 4.69) is 15.6 Å². The van der Waals surface area contributed by atoms with Crippen molar-refractivity contribution in [2.75, 3.05) is 5.32 Å². The molecule has 0 radical (unpaired) electrons. The Balaban J connectivity index is 1.45. The Morgan fingerprint density at radius 2 is 1.85 bits per heavy atom. The predicted octanol–water partition coefficient (Wildman–Crippen LogP) is 5.98. The Bertz CT molecular complexity index is 1290. The summed E-state index contributed by atoms with van der Waals surface area (Å²) in [6.07, 6.45) is 1.73. The van der Waals surface area contributed by atoms with Crippen LogP contribution >= 0.6 is 23.2 Å². The van der Waals surface area contributed by atoms with E-state index in [0.717, 1.165) is 22.4 Å². The minimum absolute atomic E-state index is 0.154. The van der Waals surface area contributed by atoms with Crippen LogP contribution in [0.3, 0.4) is 0 Å². The maximum atomic E-state index is 12.9. The number of hydrogen-bond donors (Lipinski definition) is 1. The topological polar surface area (TPSA) is 82.2 Å². The van der Waals surface area contributed by atoms with Crippen molar-refractivity contribution in [1.29, 1.82) is 0 Å². The van der Waals surface area contributed by atoms with Crippen LogP contribution in [0.2, 0.25) is 10.0 Å². The van der Waals surface area contributed by atoms with Gasteiger partial charge in [-0.2, -0.15) is 5.10 Å². The molecule has 0 bridgehead atoms. The first-order valence-electron chi connectivity index (χ1n) is 10.2. The van der Waals surface area contributed by atoms with Gasteiger partial charge in [0, 0.05) is 27.9 Å². The molecule has 1 N–H and O–H groups in total. The third kappa shape index (κ3) is 5.21. The molecule has 0 spiro atoms. The molecule has 2 aromatic heterocycles. The smallest absolute Gasteiger partial charge is 0.279 e. The van der Waals surface area contributed by atoms with E-state index in [4.69, 9.17) is 32.5 Å². The number of aryl methyl sites for hydroxylation is 3. The minimum Gasteiger partial charge on any atom is -0.488 e. The van der Waals surface area contributed by atoms with Gasteiger partial charge in [0.15, 0.2) is 11.5 Å². The lowest BCUT2D eigenvalue weighted by atomic mass is 10.1. The number of aromatic nitrogens is 3. The van der Waals surface area contributed by atoms with E-state index in [1.54, 1.807) is 42.1 Å². The molecule has 4 rings (SSSR count). The highest BCUT2D eigenvalue weighted by Gasteiger charge is 2.21. The minimum atomic E-state index is -0.438. The monoisotopic (exact) mass is 484 g/mol. The number of ether oxygens (including phenoxy) is 1. The first-order chi connectivity index (χ1) is 15.8. The molecule has 4 aromatic rings. The summed E-state index contributed by atoms with van der Waals surface area (Å²) in [5, 5.41) is 12.2. The molecular formula is C24H22Cl2N4O3. The summed E-state index contributed by atoms with van der Waals surface area (Å²) < 4.78 is 12.8. The summed E-state index contributed by atoms with van der Waals surface area (Å²) in [7, 11) is 0. The molecular weight excluding hydrogens is 463 g/mol. The molecule has 1 amide bonds. The Morgan fingerprint density at radius 3 is 2.58 bits per heavy atom. The van der Waals surface area contributed by atoms with Gasteiger partial charge in [-0.3, -0.25) is 9.48 Å². The maximum absolute atomic E-state index is 12.9. The molecule has 0 aliphatic heterocycles. The third-order valence-electron chi connectivity index (χ3n) is 5.17. The number of carbonyl (C=O) groups is 1. The van der Waals surface area contributed by atoms with E-state index >= 15 is 0 Å².